The number of rotatable bonds is 1. The molecule has 1 aliphatic rings. The average Bonchev–Trinajstić information content (AvgIpc) is 1.86. The lowest BCUT2D eigenvalue weighted by molar-refractivity contribution is 0.236. The van der Waals surface area contributed by atoms with Crippen LogP contribution in [0.25, 0.3) is 0 Å². The Labute approximate surface area is 69.3 Å². The van der Waals surface area contributed by atoms with Crippen molar-refractivity contribution >= 4 is 21.6 Å². The van der Waals surface area contributed by atoms with Crippen molar-refractivity contribution in [3.63, 3.8) is 0 Å². The highest BCUT2D eigenvalue weighted by molar-refractivity contribution is 7.87. The van der Waals surface area contributed by atoms with Gasteiger partial charge >= 0.3 is 0 Å². The van der Waals surface area contributed by atoms with Gasteiger partial charge in [0.25, 0.3) is 0 Å². The Bertz CT molecular complexity index is 306. The first-order valence-electron chi connectivity index (χ1n) is 2.69. The van der Waals surface area contributed by atoms with Gasteiger partial charge in [-0.3, -0.25) is 4.55 Å². The van der Waals surface area contributed by atoms with Crippen LogP contribution in [0.3, 0.4) is 0 Å². The van der Waals surface area contributed by atoms with Crippen molar-refractivity contribution in [3.05, 3.63) is 23.4 Å². The number of hydrogen-bond acceptors (Lipinski definition) is 3. The molecular weight excluding hydrogens is 190 g/mol. The molecule has 2 unspecified atom stereocenters. The Hall–Kier alpha value is -0.520. The smallest absolute Gasteiger partial charge is 0.239 e. The topological polar surface area (TPSA) is 70.4 Å². The molecule has 0 saturated heterocycles. The van der Waals surface area contributed by atoms with E-state index < -0.39 is 15.4 Å². The van der Waals surface area contributed by atoms with Crippen LogP contribution in [0, 0.1) is 4.78 Å². The van der Waals surface area contributed by atoms with Crippen LogP contribution < -0.4 is 0 Å². The SMILES string of the molecule is N=S(=O)(O)C1OC=CC=C1Cl. The fourth-order valence-electron chi connectivity index (χ4n) is 0.619. The van der Waals surface area contributed by atoms with Crippen molar-refractivity contribution < 1.29 is 13.5 Å². The average molecular weight is 196 g/mol. The molecule has 0 saturated carbocycles. The van der Waals surface area contributed by atoms with Crippen molar-refractivity contribution in [2.45, 2.75) is 5.44 Å². The molecule has 0 aromatic rings. The molecule has 4 nitrogen and oxygen atoms in total. The monoisotopic (exact) mass is 195 g/mol. The summed E-state index contributed by atoms with van der Waals surface area (Å²) in [5.41, 5.74) is -1.24. The highest BCUT2D eigenvalue weighted by Gasteiger charge is 2.24. The predicted octanol–water partition coefficient (Wildman–Crippen LogP) is 1.50. The lowest BCUT2D eigenvalue weighted by Gasteiger charge is -2.16. The van der Waals surface area contributed by atoms with E-state index in [1.54, 1.807) is 0 Å². The largest absolute Gasteiger partial charge is 0.476 e. The molecule has 0 aromatic heterocycles. The maximum absolute atomic E-state index is 10.7. The van der Waals surface area contributed by atoms with Gasteiger partial charge < -0.3 is 4.74 Å². The summed E-state index contributed by atoms with van der Waals surface area (Å²) in [5, 5.41) is 0.0648. The van der Waals surface area contributed by atoms with E-state index in [4.69, 9.17) is 20.9 Å². The summed E-state index contributed by atoms with van der Waals surface area (Å²) in [6.07, 6.45) is 4.13. The third kappa shape index (κ3) is 1.95. The lowest BCUT2D eigenvalue weighted by Crippen LogP contribution is -2.22. The minimum atomic E-state index is -3.75. The van der Waals surface area contributed by atoms with Crippen molar-refractivity contribution in [3.8, 4) is 0 Å². The van der Waals surface area contributed by atoms with Crippen LogP contribution in [0.5, 0.6) is 0 Å². The van der Waals surface area contributed by atoms with Crippen molar-refractivity contribution in [1.29, 1.82) is 4.78 Å². The number of ether oxygens (including phenoxy) is 1. The van der Waals surface area contributed by atoms with Gasteiger partial charge in [0.05, 0.1) is 11.3 Å². The van der Waals surface area contributed by atoms with E-state index in [0.717, 1.165) is 0 Å². The highest BCUT2D eigenvalue weighted by Crippen LogP contribution is 2.20. The summed E-state index contributed by atoms with van der Waals surface area (Å²) >= 11 is 5.49. The third-order valence-electron chi connectivity index (χ3n) is 1.05. The molecule has 2 atom stereocenters. The first-order chi connectivity index (χ1) is 5.02. The fraction of sp³-hybridized carbons (Fsp3) is 0.200. The van der Waals surface area contributed by atoms with Gasteiger partial charge in [0.2, 0.25) is 15.4 Å². The molecule has 62 valence electrons. The second-order valence-electron chi connectivity index (χ2n) is 1.92. The Kier molecular flexibility index (Phi) is 2.22. The Morgan fingerprint density at radius 2 is 2.45 bits per heavy atom. The summed E-state index contributed by atoms with van der Waals surface area (Å²) in [7, 11) is -3.75. The van der Waals surface area contributed by atoms with E-state index in [0.29, 0.717) is 0 Å². The zero-order valence-electron chi connectivity index (χ0n) is 5.36. The molecule has 0 spiro atoms. The van der Waals surface area contributed by atoms with Gasteiger partial charge in [-0.25, -0.2) is 8.99 Å². The number of hydrogen-bond donors (Lipinski definition) is 2. The number of nitrogens with one attached hydrogen (secondary N) is 1. The normalized spacial score (nSPS) is 28.5. The molecule has 0 radical (unpaired) electrons. The fourth-order valence-corrected chi connectivity index (χ4v) is 1.70. The molecule has 0 fully saturated rings. The van der Waals surface area contributed by atoms with Crippen molar-refractivity contribution in [2.24, 2.45) is 0 Å². The van der Waals surface area contributed by atoms with Gasteiger partial charge in [-0.2, -0.15) is 0 Å². The van der Waals surface area contributed by atoms with Gasteiger partial charge in [0, 0.05) is 0 Å². The second-order valence-corrected chi connectivity index (χ2v) is 3.92. The molecule has 1 aliphatic heterocycles. The van der Waals surface area contributed by atoms with Crippen LogP contribution in [0.4, 0.5) is 0 Å². The molecular formula is C5H6ClNO3S. The van der Waals surface area contributed by atoms with Crippen LogP contribution in [0.1, 0.15) is 0 Å². The molecule has 0 aromatic carbocycles. The van der Waals surface area contributed by atoms with E-state index >= 15 is 0 Å². The van der Waals surface area contributed by atoms with Gasteiger partial charge in [-0.1, -0.05) is 11.6 Å². The second kappa shape index (κ2) is 2.84. The van der Waals surface area contributed by atoms with Crippen LogP contribution in [0.15, 0.2) is 23.4 Å². The minimum Gasteiger partial charge on any atom is -0.476 e. The van der Waals surface area contributed by atoms with E-state index in [9.17, 15) is 4.21 Å². The molecule has 0 amide bonds. The number of halogens is 1. The van der Waals surface area contributed by atoms with E-state index in [1.807, 2.05) is 0 Å². The van der Waals surface area contributed by atoms with E-state index in [2.05, 4.69) is 4.74 Å². The first kappa shape index (κ1) is 8.58. The Morgan fingerprint density at radius 3 is 2.82 bits per heavy atom. The Morgan fingerprint density at radius 1 is 1.82 bits per heavy atom. The van der Waals surface area contributed by atoms with Gasteiger partial charge in [-0.05, 0) is 12.2 Å². The summed E-state index contributed by atoms with van der Waals surface area (Å²) < 4.78 is 30.8. The quantitative estimate of drug-likeness (QED) is 0.666. The summed E-state index contributed by atoms with van der Waals surface area (Å²) in [6, 6.07) is 0. The van der Waals surface area contributed by atoms with Gasteiger partial charge in [0.1, 0.15) is 0 Å². The zero-order chi connectivity index (χ0) is 8.48. The molecule has 0 bridgehead atoms. The van der Waals surface area contributed by atoms with Crippen LogP contribution in [-0.2, 0) is 14.7 Å². The molecule has 1 rings (SSSR count). The van der Waals surface area contributed by atoms with E-state index in [1.165, 1.54) is 18.4 Å². The van der Waals surface area contributed by atoms with E-state index in [-0.39, 0.29) is 5.03 Å². The maximum atomic E-state index is 10.7. The standard InChI is InChI=1S/C5H6ClNO3S/c6-4-2-1-3-10-5(4)11(7,8)9/h1-3,5H,(H2,7,8,9). The van der Waals surface area contributed by atoms with Crippen LogP contribution in [0.2, 0.25) is 0 Å². The minimum absolute atomic E-state index is 0.0648. The highest BCUT2D eigenvalue weighted by atomic mass is 35.5. The maximum Gasteiger partial charge on any atom is 0.239 e. The molecule has 1 heterocycles. The third-order valence-corrected chi connectivity index (χ3v) is 2.45. The van der Waals surface area contributed by atoms with Gasteiger partial charge in [-0.15, -0.1) is 0 Å². The first-order valence-corrected chi connectivity index (χ1v) is 4.65. The lowest BCUT2D eigenvalue weighted by atomic mass is 10.4. The van der Waals surface area contributed by atoms with Crippen LogP contribution in [-0.4, -0.2) is 14.2 Å². The summed E-state index contributed by atoms with van der Waals surface area (Å²) in [6.45, 7) is 0. The molecule has 11 heavy (non-hydrogen) atoms. The Balaban J connectivity index is 2.94. The van der Waals surface area contributed by atoms with Crippen molar-refractivity contribution in [2.75, 3.05) is 0 Å². The molecule has 6 heteroatoms. The summed E-state index contributed by atoms with van der Waals surface area (Å²) in [5.74, 6) is 0. The summed E-state index contributed by atoms with van der Waals surface area (Å²) in [4.78, 5) is 0. The molecule has 0 aliphatic carbocycles. The molecule has 2 N–H and O–H groups in total. The van der Waals surface area contributed by atoms with Gasteiger partial charge in [0.15, 0.2) is 0 Å². The predicted molar refractivity (Wildman–Crippen MR) is 41.4 cm³/mol. The number of allylic oxidation sites excluding steroid dienone is 2. The zero-order valence-corrected chi connectivity index (χ0v) is 6.93. The van der Waals surface area contributed by atoms with Crippen molar-refractivity contribution in [1.82, 2.24) is 0 Å². The van der Waals surface area contributed by atoms with Crippen LogP contribution >= 0.6 is 11.6 Å².